The van der Waals surface area contributed by atoms with Crippen LogP contribution in [0.1, 0.15) is 58.9 Å². The van der Waals surface area contributed by atoms with Crippen LogP contribution in [0.25, 0.3) is 0 Å². The van der Waals surface area contributed by atoms with E-state index in [-0.39, 0.29) is 26.1 Å². The van der Waals surface area contributed by atoms with E-state index in [0.29, 0.717) is 12.2 Å². The van der Waals surface area contributed by atoms with Crippen LogP contribution in [-0.4, -0.2) is 30.3 Å². The SMILES string of the molecule is C#CCC(C/C(C)=C/CC/C(C)=C/Cc1ccccc1O)(C(=O)OCC)C(=O)OCC. The molecule has 0 bridgehead atoms. The quantitative estimate of drug-likeness (QED) is 0.217. The lowest BCUT2D eigenvalue weighted by atomic mass is 9.78. The van der Waals surface area contributed by atoms with Gasteiger partial charge in [-0.2, -0.15) is 0 Å². The van der Waals surface area contributed by atoms with Crippen LogP contribution in [0, 0.1) is 17.8 Å². The molecule has 5 heteroatoms. The fourth-order valence-corrected chi connectivity index (χ4v) is 3.31. The number of allylic oxidation sites excluding steroid dienone is 4. The van der Waals surface area contributed by atoms with Crippen LogP contribution < -0.4 is 0 Å². The van der Waals surface area contributed by atoms with Gasteiger partial charge in [0.1, 0.15) is 5.75 Å². The molecule has 5 nitrogen and oxygen atoms in total. The lowest BCUT2D eigenvalue weighted by Crippen LogP contribution is -2.42. The molecule has 31 heavy (non-hydrogen) atoms. The van der Waals surface area contributed by atoms with E-state index in [0.717, 1.165) is 24.0 Å². The van der Waals surface area contributed by atoms with Gasteiger partial charge in [0.25, 0.3) is 0 Å². The molecule has 0 aliphatic carbocycles. The topological polar surface area (TPSA) is 72.8 Å². The van der Waals surface area contributed by atoms with E-state index < -0.39 is 17.4 Å². The van der Waals surface area contributed by atoms with Gasteiger partial charge < -0.3 is 14.6 Å². The summed E-state index contributed by atoms with van der Waals surface area (Å²) in [4.78, 5) is 25.3. The van der Waals surface area contributed by atoms with Crippen LogP contribution >= 0.6 is 0 Å². The predicted octanol–water partition coefficient (Wildman–Crippen LogP) is 5.13. The van der Waals surface area contributed by atoms with Gasteiger partial charge in [-0.15, -0.1) is 12.3 Å². The number of para-hydroxylation sites is 1. The number of phenols is 1. The molecule has 168 valence electrons. The molecule has 0 heterocycles. The first-order valence-electron chi connectivity index (χ1n) is 10.7. The molecule has 0 radical (unpaired) electrons. The maximum absolute atomic E-state index is 12.7. The Bertz CT molecular complexity index is 824. The van der Waals surface area contributed by atoms with Gasteiger partial charge in [-0.1, -0.05) is 41.5 Å². The highest BCUT2D eigenvalue weighted by atomic mass is 16.6. The smallest absolute Gasteiger partial charge is 0.324 e. The number of terminal acetylenes is 1. The molecule has 0 unspecified atom stereocenters. The summed E-state index contributed by atoms with van der Waals surface area (Å²) in [7, 11) is 0. The second-order valence-corrected chi connectivity index (χ2v) is 7.55. The second-order valence-electron chi connectivity index (χ2n) is 7.55. The number of phenolic OH excluding ortho intramolecular Hbond substituents is 1. The molecule has 0 atom stereocenters. The number of carbonyl (C=O) groups is 2. The van der Waals surface area contributed by atoms with Gasteiger partial charge in [0, 0.05) is 6.42 Å². The summed E-state index contributed by atoms with van der Waals surface area (Å²) in [6.45, 7) is 7.63. The zero-order valence-corrected chi connectivity index (χ0v) is 19.1. The third kappa shape index (κ3) is 7.97. The molecule has 0 spiro atoms. The van der Waals surface area contributed by atoms with Crippen molar-refractivity contribution in [2.75, 3.05) is 13.2 Å². The molecule has 0 aromatic heterocycles. The number of rotatable bonds is 12. The fourth-order valence-electron chi connectivity index (χ4n) is 3.31. The molecule has 0 amide bonds. The normalized spacial score (nSPS) is 12.2. The molecule has 0 aliphatic heterocycles. The summed E-state index contributed by atoms with van der Waals surface area (Å²) >= 11 is 0. The van der Waals surface area contributed by atoms with Crippen molar-refractivity contribution in [1.29, 1.82) is 0 Å². The highest BCUT2D eigenvalue weighted by molar-refractivity contribution is 6.00. The number of carbonyl (C=O) groups excluding carboxylic acids is 2. The molecule has 0 fully saturated rings. The van der Waals surface area contributed by atoms with Crippen LogP contribution in [0.3, 0.4) is 0 Å². The second kappa shape index (κ2) is 13.3. The number of hydrogen-bond donors (Lipinski definition) is 1. The Morgan fingerprint density at radius 1 is 1.06 bits per heavy atom. The lowest BCUT2D eigenvalue weighted by Gasteiger charge is -2.27. The largest absolute Gasteiger partial charge is 0.508 e. The minimum atomic E-state index is -1.52. The number of hydrogen-bond acceptors (Lipinski definition) is 5. The van der Waals surface area contributed by atoms with Gasteiger partial charge in [0.2, 0.25) is 0 Å². The van der Waals surface area contributed by atoms with E-state index in [1.807, 2.05) is 32.1 Å². The average molecular weight is 427 g/mol. The average Bonchev–Trinajstić information content (AvgIpc) is 2.73. The van der Waals surface area contributed by atoms with Crippen molar-refractivity contribution in [3.8, 4) is 18.1 Å². The summed E-state index contributed by atoms with van der Waals surface area (Å²) in [5.74, 6) is 1.46. The van der Waals surface area contributed by atoms with Crippen LogP contribution in [-0.2, 0) is 25.5 Å². The van der Waals surface area contributed by atoms with E-state index in [1.165, 1.54) is 5.57 Å². The maximum atomic E-state index is 12.7. The number of esters is 2. The Labute approximate surface area is 186 Å². The molecular weight excluding hydrogens is 392 g/mol. The Hall–Kier alpha value is -3.00. The first-order chi connectivity index (χ1) is 14.8. The minimum absolute atomic E-state index is 0.0741. The van der Waals surface area contributed by atoms with Crippen molar-refractivity contribution < 1.29 is 24.2 Å². The number of ether oxygens (including phenoxy) is 2. The fraction of sp³-hybridized carbons (Fsp3) is 0.462. The van der Waals surface area contributed by atoms with Crippen molar-refractivity contribution >= 4 is 11.9 Å². The molecule has 0 saturated heterocycles. The summed E-state index contributed by atoms with van der Waals surface area (Å²) < 4.78 is 10.3. The van der Waals surface area contributed by atoms with E-state index >= 15 is 0 Å². The van der Waals surface area contributed by atoms with E-state index in [4.69, 9.17) is 15.9 Å². The first kappa shape index (κ1) is 26.0. The van der Waals surface area contributed by atoms with E-state index in [9.17, 15) is 14.7 Å². The summed E-state index contributed by atoms with van der Waals surface area (Å²) in [6, 6.07) is 7.29. The van der Waals surface area contributed by atoms with Gasteiger partial charge >= 0.3 is 11.9 Å². The predicted molar refractivity (Wildman–Crippen MR) is 122 cm³/mol. The molecule has 0 saturated carbocycles. The Morgan fingerprint density at radius 3 is 2.23 bits per heavy atom. The Kier molecular flexibility index (Phi) is 11.2. The van der Waals surface area contributed by atoms with Gasteiger partial charge in [0.15, 0.2) is 5.41 Å². The van der Waals surface area contributed by atoms with Gasteiger partial charge in [0.05, 0.1) is 13.2 Å². The van der Waals surface area contributed by atoms with E-state index in [1.54, 1.807) is 26.0 Å². The monoisotopic (exact) mass is 426 g/mol. The van der Waals surface area contributed by atoms with Crippen molar-refractivity contribution in [3.05, 3.63) is 53.1 Å². The van der Waals surface area contributed by atoms with Gasteiger partial charge in [-0.25, -0.2) is 0 Å². The lowest BCUT2D eigenvalue weighted by molar-refractivity contribution is -0.171. The summed E-state index contributed by atoms with van der Waals surface area (Å²) in [5.41, 5.74) is 1.44. The van der Waals surface area contributed by atoms with Gasteiger partial charge in [-0.3, -0.25) is 9.59 Å². The molecule has 1 rings (SSSR count). The van der Waals surface area contributed by atoms with Crippen molar-refractivity contribution in [1.82, 2.24) is 0 Å². The standard InChI is InChI=1S/C26H34O5/c1-6-18-26(24(28)30-7-2,25(29)31-8-3)19-21(5)13-11-12-20(4)16-17-22-14-9-10-15-23(22)27/h1,9-10,13-16,27H,7-8,11-12,17-19H2,2-5H3/b20-16+,21-13+. The zero-order valence-electron chi connectivity index (χ0n) is 19.1. The Morgan fingerprint density at radius 2 is 1.68 bits per heavy atom. The molecule has 1 aromatic carbocycles. The molecule has 1 aromatic rings. The maximum Gasteiger partial charge on any atom is 0.324 e. The Balaban J connectivity index is 2.85. The van der Waals surface area contributed by atoms with Crippen LogP contribution in [0.5, 0.6) is 5.75 Å². The molecular formula is C26H34O5. The summed E-state index contributed by atoms with van der Waals surface area (Å²) in [5, 5.41) is 9.86. The highest BCUT2D eigenvalue weighted by Gasteiger charge is 2.48. The highest BCUT2D eigenvalue weighted by Crippen LogP contribution is 2.34. The van der Waals surface area contributed by atoms with Crippen LogP contribution in [0.4, 0.5) is 0 Å². The van der Waals surface area contributed by atoms with Crippen molar-refractivity contribution in [2.24, 2.45) is 5.41 Å². The summed E-state index contributed by atoms with van der Waals surface area (Å²) in [6.07, 6.45) is 11.9. The number of benzene rings is 1. The third-order valence-electron chi connectivity index (χ3n) is 5.01. The zero-order chi connectivity index (χ0) is 23.3. The molecule has 1 N–H and O–H groups in total. The van der Waals surface area contributed by atoms with Crippen LogP contribution in [0.15, 0.2) is 47.6 Å². The van der Waals surface area contributed by atoms with E-state index in [2.05, 4.69) is 12.0 Å². The minimum Gasteiger partial charge on any atom is -0.508 e. The van der Waals surface area contributed by atoms with Crippen molar-refractivity contribution in [2.45, 2.75) is 59.8 Å². The third-order valence-corrected chi connectivity index (χ3v) is 5.01. The van der Waals surface area contributed by atoms with Gasteiger partial charge in [-0.05, 0) is 65.0 Å². The number of aromatic hydroxyl groups is 1. The first-order valence-corrected chi connectivity index (χ1v) is 10.7. The van der Waals surface area contributed by atoms with Crippen molar-refractivity contribution in [3.63, 3.8) is 0 Å². The van der Waals surface area contributed by atoms with Crippen LogP contribution in [0.2, 0.25) is 0 Å². The molecule has 0 aliphatic rings.